The van der Waals surface area contributed by atoms with Crippen LogP contribution in [0.15, 0.2) is 21.6 Å². The van der Waals surface area contributed by atoms with Gasteiger partial charge >= 0.3 is 0 Å². The molecule has 0 aromatic carbocycles. The van der Waals surface area contributed by atoms with Crippen LogP contribution in [0.4, 0.5) is 0 Å². The lowest BCUT2D eigenvalue weighted by molar-refractivity contribution is 0.744. The summed E-state index contributed by atoms with van der Waals surface area (Å²) >= 11 is 6.89. The van der Waals surface area contributed by atoms with Crippen LogP contribution in [0.5, 0.6) is 0 Å². The number of thiazole rings is 1. The predicted molar refractivity (Wildman–Crippen MR) is 69.5 cm³/mol. The third-order valence-corrected chi connectivity index (χ3v) is 5.22. The van der Waals surface area contributed by atoms with Crippen molar-refractivity contribution in [2.75, 3.05) is 0 Å². The Bertz CT molecular complexity index is 417. The number of thiophene rings is 1. The van der Waals surface area contributed by atoms with Crippen LogP contribution in [0.25, 0.3) is 0 Å². The van der Waals surface area contributed by atoms with Crippen LogP contribution in [-0.4, -0.2) is 4.98 Å². The third-order valence-electron chi connectivity index (χ3n) is 2.15. The Kier molecular flexibility index (Phi) is 3.56. The summed E-state index contributed by atoms with van der Waals surface area (Å²) in [5.41, 5.74) is 9.24. The molecule has 0 fully saturated rings. The van der Waals surface area contributed by atoms with Gasteiger partial charge in [0.1, 0.15) is 0 Å². The van der Waals surface area contributed by atoms with Crippen LogP contribution in [0.3, 0.4) is 0 Å². The first-order chi connectivity index (χ1) is 7.16. The maximum absolute atomic E-state index is 6.14. The molecule has 0 saturated carbocycles. The number of aryl methyl sites for hydroxylation is 1. The van der Waals surface area contributed by atoms with Gasteiger partial charge in [0.2, 0.25) is 0 Å². The monoisotopic (exact) mass is 302 g/mol. The zero-order chi connectivity index (χ0) is 10.8. The van der Waals surface area contributed by atoms with Crippen molar-refractivity contribution in [3.63, 3.8) is 0 Å². The first-order valence-electron chi connectivity index (χ1n) is 4.55. The fourth-order valence-corrected chi connectivity index (χ4v) is 3.55. The second-order valence-electron chi connectivity index (χ2n) is 3.38. The maximum atomic E-state index is 6.14. The van der Waals surface area contributed by atoms with Crippen molar-refractivity contribution in [3.8, 4) is 0 Å². The molecule has 2 N–H and O–H groups in total. The Morgan fingerprint density at radius 2 is 2.40 bits per heavy atom. The summed E-state index contributed by atoms with van der Waals surface area (Å²) in [5.74, 6) is 0. The first kappa shape index (κ1) is 11.3. The normalized spacial score (nSPS) is 13.0. The molecular formula is C10H11BrN2S2. The molecule has 5 heteroatoms. The highest BCUT2D eigenvalue weighted by molar-refractivity contribution is 9.11. The quantitative estimate of drug-likeness (QED) is 0.942. The number of nitrogens with zero attached hydrogens (tertiary/aromatic N) is 1. The van der Waals surface area contributed by atoms with Crippen LogP contribution in [0.1, 0.15) is 21.4 Å². The summed E-state index contributed by atoms with van der Waals surface area (Å²) in [6.07, 6.45) is 2.76. The number of nitrogens with two attached hydrogens (primary N) is 1. The minimum absolute atomic E-state index is 0.0837. The molecule has 2 aromatic heterocycles. The van der Waals surface area contributed by atoms with E-state index in [4.69, 9.17) is 5.73 Å². The van der Waals surface area contributed by atoms with Gasteiger partial charge in [-0.3, -0.25) is 4.98 Å². The van der Waals surface area contributed by atoms with Gasteiger partial charge in [-0.1, -0.05) is 0 Å². The zero-order valence-corrected chi connectivity index (χ0v) is 11.5. The van der Waals surface area contributed by atoms with Gasteiger partial charge in [-0.2, -0.15) is 0 Å². The van der Waals surface area contributed by atoms with E-state index in [0.29, 0.717) is 0 Å². The minimum atomic E-state index is 0.0837. The van der Waals surface area contributed by atoms with E-state index in [1.807, 2.05) is 11.7 Å². The SMILES string of the molecule is Cc1cc(C(N)Cc2cncs2)sc1Br. The van der Waals surface area contributed by atoms with E-state index in [-0.39, 0.29) is 6.04 Å². The summed E-state index contributed by atoms with van der Waals surface area (Å²) in [5, 5.41) is 0. The third kappa shape index (κ3) is 2.66. The fraction of sp³-hybridized carbons (Fsp3) is 0.300. The van der Waals surface area contributed by atoms with Crippen molar-refractivity contribution in [2.45, 2.75) is 19.4 Å². The molecule has 15 heavy (non-hydrogen) atoms. The Morgan fingerprint density at radius 1 is 1.60 bits per heavy atom. The van der Waals surface area contributed by atoms with E-state index in [1.54, 1.807) is 22.7 Å². The van der Waals surface area contributed by atoms with Crippen molar-refractivity contribution in [1.29, 1.82) is 0 Å². The highest BCUT2D eigenvalue weighted by Gasteiger charge is 2.12. The van der Waals surface area contributed by atoms with Gasteiger partial charge in [0.15, 0.2) is 0 Å². The molecule has 1 unspecified atom stereocenters. The largest absolute Gasteiger partial charge is 0.323 e. The molecule has 0 aliphatic heterocycles. The molecule has 2 nitrogen and oxygen atoms in total. The highest BCUT2D eigenvalue weighted by Crippen LogP contribution is 2.32. The number of rotatable bonds is 3. The molecule has 0 saturated heterocycles. The number of hydrogen-bond donors (Lipinski definition) is 1. The summed E-state index contributed by atoms with van der Waals surface area (Å²) in [7, 11) is 0. The lowest BCUT2D eigenvalue weighted by Gasteiger charge is -2.06. The van der Waals surface area contributed by atoms with E-state index in [1.165, 1.54) is 19.1 Å². The molecule has 2 heterocycles. The van der Waals surface area contributed by atoms with Crippen LogP contribution < -0.4 is 5.73 Å². The van der Waals surface area contributed by atoms with Gasteiger partial charge in [0, 0.05) is 28.4 Å². The van der Waals surface area contributed by atoms with Crippen LogP contribution in [-0.2, 0) is 6.42 Å². The van der Waals surface area contributed by atoms with Gasteiger partial charge in [-0.25, -0.2) is 0 Å². The standard InChI is InChI=1S/C10H11BrN2S2/c1-6-2-9(15-10(6)11)8(12)3-7-4-13-5-14-7/h2,4-5,8H,3,12H2,1H3. The second-order valence-corrected chi connectivity index (χ2v) is 6.76. The van der Waals surface area contributed by atoms with E-state index < -0.39 is 0 Å². The van der Waals surface area contributed by atoms with Crippen LogP contribution >= 0.6 is 38.6 Å². The molecule has 0 spiro atoms. The highest BCUT2D eigenvalue weighted by atomic mass is 79.9. The first-order valence-corrected chi connectivity index (χ1v) is 7.04. The lowest BCUT2D eigenvalue weighted by atomic mass is 10.1. The molecule has 0 aliphatic rings. The van der Waals surface area contributed by atoms with E-state index in [2.05, 4.69) is 33.9 Å². The summed E-state index contributed by atoms with van der Waals surface area (Å²) in [4.78, 5) is 6.52. The topological polar surface area (TPSA) is 38.9 Å². The van der Waals surface area contributed by atoms with Gasteiger partial charge in [0.05, 0.1) is 9.30 Å². The number of hydrogen-bond acceptors (Lipinski definition) is 4. The van der Waals surface area contributed by atoms with E-state index in [0.717, 1.165) is 6.42 Å². The maximum Gasteiger partial charge on any atom is 0.0794 e. The molecule has 0 radical (unpaired) electrons. The summed E-state index contributed by atoms with van der Waals surface area (Å²) < 4.78 is 1.18. The average molecular weight is 303 g/mol. The van der Waals surface area contributed by atoms with Crippen molar-refractivity contribution in [3.05, 3.63) is 36.9 Å². The molecule has 0 bridgehead atoms. The molecule has 1 atom stereocenters. The summed E-state index contributed by atoms with van der Waals surface area (Å²) in [6.45, 7) is 2.09. The van der Waals surface area contributed by atoms with Crippen LogP contribution in [0.2, 0.25) is 0 Å². The average Bonchev–Trinajstić information content (AvgIpc) is 2.78. The van der Waals surface area contributed by atoms with Gasteiger partial charge in [-0.05, 0) is 34.5 Å². The van der Waals surface area contributed by atoms with E-state index >= 15 is 0 Å². The van der Waals surface area contributed by atoms with Gasteiger partial charge in [0.25, 0.3) is 0 Å². The molecule has 0 aliphatic carbocycles. The van der Waals surface area contributed by atoms with Crippen molar-refractivity contribution >= 4 is 38.6 Å². The van der Waals surface area contributed by atoms with Crippen LogP contribution in [0, 0.1) is 6.92 Å². The Morgan fingerprint density at radius 3 is 2.93 bits per heavy atom. The van der Waals surface area contributed by atoms with Crippen molar-refractivity contribution in [1.82, 2.24) is 4.98 Å². The van der Waals surface area contributed by atoms with Gasteiger partial charge < -0.3 is 5.73 Å². The lowest BCUT2D eigenvalue weighted by Crippen LogP contribution is -2.10. The number of halogens is 1. The second kappa shape index (κ2) is 4.74. The molecule has 80 valence electrons. The van der Waals surface area contributed by atoms with E-state index in [9.17, 15) is 0 Å². The zero-order valence-electron chi connectivity index (χ0n) is 8.24. The molecule has 0 amide bonds. The minimum Gasteiger partial charge on any atom is -0.323 e. The van der Waals surface area contributed by atoms with Crippen molar-refractivity contribution < 1.29 is 0 Å². The Hall–Kier alpha value is -0.230. The van der Waals surface area contributed by atoms with Gasteiger partial charge in [-0.15, -0.1) is 22.7 Å². The molecule has 2 aromatic rings. The molecular weight excluding hydrogens is 292 g/mol. The Balaban J connectivity index is 2.11. The number of aromatic nitrogens is 1. The smallest absolute Gasteiger partial charge is 0.0794 e. The van der Waals surface area contributed by atoms with Crippen molar-refractivity contribution in [2.24, 2.45) is 5.73 Å². The fourth-order valence-electron chi connectivity index (χ4n) is 1.33. The Labute approximate surface area is 105 Å². The summed E-state index contributed by atoms with van der Waals surface area (Å²) in [6, 6.07) is 2.24. The predicted octanol–water partition coefficient (Wildman–Crippen LogP) is 3.52. The molecule has 2 rings (SSSR count).